The largest absolute Gasteiger partial charge is 0.491 e. The summed E-state index contributed by atoms with van der Waals surface area (Å²) in [6.07, 6.45) is 6.59. The lowest BCUT2D eigenvalue weighted by atomic mass is 9.91. The second-order valence-corrected chi connectivity index (χ2v) is 14.3. The Labute approximate surface area is 282 Å². The van der Waals surface area contributed by atoms with E-state index < -0.39 is 28.6 Å². The van der Waals surface area contributed by atoms with Crippen molar-refractivity contribution < 1.29 is 28.0 Å². The number of anilines is 1. The molecule has 46 heavy (non-hydrogen) atoms. The monoisotopic (exact) mass is 675 g/mol. The van der Waals surface area contributed by atoms with Crippen LogP contribution in [-0.4, -0.2) is 80.6 Å². The number of aryl methyl sites for hydroxylation is 1. The molecule has 1 N–H and O–H groups in total. The van der Waals surface area contributed by atoms with E-state index in [0.717, 1.165) is 31.4 Å². The number of benzene rings is 2. The van der Waals surface area contributed by atoms with E-state index in [0.29, 0.717) is 41.8 Å². The molecule has 0 spiro atoms. The molecule has 2 aromatic rings. The van der Waals surface area contributed by atoms with Gasteiger partial charge in [-0.3, -0.25) is 14.3 Å². The predicted molar refractivity (Wildman–Crippen MR) is 185 cm³/mol. The van der Waals surface area contributed by atoms with Gasteiger partial charge in [-0.05, 0) is 102 Å². The van der Waals surface area contributed by atoms with Gasteiger partial charge in [-0.2, -0.15) is 0 Å². The van der Waals surface area contributed by atoms with Crippen LogP contribution < -0.4 is 14.4 Å². The molecule has 254 valence electrons. The van der Waals surface area contributed by atoms with Gasteiger partial charge in [-0.25, -0.2) is 4.21 Å². The fourth-order valence-electron chi connectivity index (χ4n) is 5.53. The lowest BCUT2D eigenvalue weighted by molar-refractivity contribution is -0.139. The van der Waals surface area contributed by atoms with Crippen molar-refractivity contribution in [2.45, 2.75) is 75.9 Å². The maximum atomic E-state index is 13.3. The molecule has 0 saturated carbocycles. The van der Waals surface area contributed by atoms with Crippen molar-refractivity contribution in [2.75, 3.05) is 52.3 Å². The normalized spacial score (nSPS) is 24.0. The lowest BCUT2D eigenvalue weighted by Crippen LogP contribution is -2.45. The summed E-state index contributed by atoms with van der Waals surface area (Å²) in [5.74, 6) is 0.303. The minimum atomic E-state index is -1.80. The van der Waals surface area contributed by atoms with Crippen molar-refractivity contribution in [3.05, 3.63) is 64.7 Å². The first-order chi connectivity index (χ1) is 21.9. The summed E-state index contributed by atoms with van der Waals surface area (Å²) in [7, 11) is 4.20. The first-order valence-corrected chi connectivity index (χ1v) is 17.5. The van der Waals surface area contributed by atoms with Gasteiger partial charge in [-0.1, -0.05) is 44.0 Å². The number of hydrogen-bond acceptors (Lipinski definition) is 8. The van der Waals surface area contributed by atoms with Crippen LogP contribution in [0.3, 0.4) is 0 Å². The number of nitrogens with zero attached hydrogens (tertiary/aromatic N) is 2. The van der Waals surface area contributed by atoms with Crippen LogP contribution in [-0.2, 0) is 36.5 Å². The highest BCUT2D eigenvalue weighted by atomic mass is 35.5. The van der Waals surface area contributed by atoms with Crippen molar-refractivity contribution in [1.82, 2.24) is 9.62 Å². The third-order valence-electron chi connectivity index (χ3n) is 8.00. The van der Waals surface area contributed by atoms with Gasteiger partial charge < -0.3 is 24.0 Å². The molecule has 4 unspecified atom stereocenters. The Kier molecular flexibility index (Phi) is 14.6. The molecule has 0 radical (unpaired) electrons. The molecule has 4 atom stereocenters. The molecular formula is C35H50ClN3O6S. The topological polar surface area (TPSA) is 97.4 Å². The van der Waals surface area contributed by atoms with E-state index in [1.54, 1.807) is 26.0 Å². The van der Waals surface area contributed by atoms with Gasteiger partial charge in [0.05, 0.1) is 23.8 Å². The van der Waals surface area contributed by atoms with Gasteiger partial charge in [0.2, 0.25) is 0 Å². The Morgan fingerprint density at radius 2 is 1.91 bits per heavy atom. The van der Waals surface area contributed by atoms with Crippen LogP contribution in [0, 0.1) is 5.92 Å². The van der Waals surface area contributed by atoms with Crippen LogP contribution in [0.4, 0.5) is 5.69 Å². The number of ether oxygens (including phenoxy) is 3. The number of halogens is 1. The number of carbonyl (C=O) groups is 2. The van der Waals surface area contributed by atoms with Crippen molar-refractivity contribution in [1.29, 1.82) is 0 Å². The fourth-order valence-corrected chi connectivity index (χ4v) is 6.66. The summed E-state index contributed by atoms with van der Waals surface area (Å²) in [5, 5.41) is 0.716. The quantitative estimate of drug-likeness (QED) is 0.298. The standard InChI is InChI=1S/C32H41ClN2O6S.C3H9N/c1-5-8-23-17-25(33)10-12-27(23)24-19-35-15-14-22(6-2)29(40-21-36)9-7-16-41-32(3,4)31(37)34-42(38)26-11-13-30(39-20-24)28(35)18-26;1-4(2)3/h7,9-13,17-18,21-22,24,29H,5-6,8,14-16,19-20H2,1-4H3,(H,34,37);1-3H3/b9-7+;. The second kappa shape index (κ2) is 17.8. The Balaban J connectivity index is 0.00000136. The summed E-state index contributed by atoms with van der Waals surface area (Å²) >= 11 is 6.37. The predicted octanol–water partition coefficient (Wildman–Crippen LogP) is 5.91. The first-order valence-electron chi connectivity index (χ1n) is 15.9. The maximum Gasteiger partial charge on any atom is 0.293 e. The minimum absolute atomic E-state index is 0.0465. The van der Waals surface area contributed by atoms with Crippen LogP contribution in [0.15, 0.2) is 53.4 Å². The average Bonchev–Trinajstić information content (AvgIpc) is 3.18. The van der Waals surface area contributed by atoms with Crippen LogP contribution in [0.5, 0.6) is 5.75 Å². The zero-order valence-corrected chi connectivity index (χ0v) is 29.8. The van der Waals surface area contributed by atoms with Crippen molar-refractivity contribution in [3.63, 3.8) is 0 Å². The van der Waals surface area contributed by atoms with E-state index >= 15 is 0 Å². The molecule has 0 aliphatic carbocycles. The van der Waals surface area contributed by atoms with Crippen molar-refractivity contribution in [2.24, 2.45) is 5.92 Å². The van der Waals surface area contributed by atoms with E-state index in [-0.39, 0.29) is 18.4 Å². The molecule has 2 bridgehead atoms. The van der Waals surface area contributed by atoms with Gasteiger partial charge in [0.25, 0.3) is 12.4 Å². The molecule has 2 aromatic carbocycles. The Morgan fingerprint density at radius 3 is 2.59 bits per heavy atom. The molecule has 2 heterocycles. The van der Waals surface area contributed by atoms with Crippen LogP contribution in [0.1, 0.15) is 64.0 Å². The minimum Gasteiger partial charge on any atom is -0.491 e. The zero-order chi connectivity index (χ0) is 33.9. The van der Waals surface area contributed by atoms with E-state index in [1.807, 2.05) is 56.4 Å². The van der Waals surface area contributed by atoms with E-state index in [4.69, 9.17) is 25.8 Å². The van der Waals surface area contributed by atoms with Crippen LogP contribution in [0.25, 0.3) is 0 Å². The number of hydrogen-bond donors (Lipinski definition) is 1. The van der Waals surface area contributed by atoms with E-state index in [9.17, 15) is 13.8 Å². The molecule has 11 heteroatoms. The third-order valence-corrected chi connectivity index (χ3v) is 9.29. The molecule has 0 fully saturated rings. The highest BCUT2D eigenvalue weighted by molar-refractivity contribution is 7.83. The third kappa shape index (κ3) is 10.6. The molecule has 0 saturated heterocycles. The van der Waals surface area contributed by atoms with Gasteiger partial charge >= 0.3 is 0 Å². The summed E-state index contributed by atoms with van der Waals surface area (Å²) in [6.45, 7) is 9.90. The molecule has 4 rings (SSSR count). The first kappa shape index (κ1) is 37.5. The maximum absolute atomic E-state index is 13.3. The Bertz CT molecular complexity index is 1370. The lowest BCUT2D eigenvalue weighted by Gasteiger charge is -2.31. The van der Waals surface area contributed by atoms with Gasteiger partial charge in [0.1, 0.15) is 17.5 Å². The van der Waals surface area contributed by atoms with E-state index in [1.165, 1.54) is 11.1 Å². The van der Waals surface area contributed by atoms with Crippen molar-refractivity contribution in [3.8, 4) is 5.75 Å². The van der Waals surface area contributed by atoms with Crippen LogP contribution >= 0.6 is 11.6 Å². The Hall–Kier alpha value is -2.92. The highest BCUT2D eigenvalue weighted by Gasteiger charge is 2.32. The summed E-state index contributed by atoms with van der Waals surface area (Å²) < 4.78 is 33.6. The molecule has 2 aliphatic heterocycles. The van der Waals surface area contributed by atoms with Crippen LogP contribution in [0.2, 0.25) is 5.02 Å². The molecule has 0 aromatic heterocycles. The zero-order valence-electron chi connectivity index (χ0n) is 28.2. The molecule has 9 nitrogen and oxygen atoms in total. The average molecular weight is 676 g/mol. The number of amides is 1. The fraction of sp³-hybridized carbons (Fsp3) is 0.543. The number of fused-ring (bicyclic) bond motifs is 1. The second-order valence-electron chi connectivity index (χ2n) is 12.6. The molecular weight excluding hydrogens is 626 g/mol. The SMILES string of the molecule is CCCc1cc(Cl)ccc1C1COc2ccc3cc2N(CCC(CC)C(OC=O)/C=C/COC(C)(C)C(=O)NS3=O)C1.CN(C)C. The van der Waals surface area contributed by atoms with Gasteiger partial charge in [-0.15, -0.1) is 0 Å². The summed E-state index contributed by atoms with van der Waals surface area (Å²) in [4.78, 5) is 29.1. The number of nitrogens with one attached hydrogen (secondary N) is 1. The Morgan fingerprint density at radius 1 is 1.17 bits per heavy atom. The molecule has 2 aliphatic rings. The number of carbonyl (C=O) groups excluding carboxylic acids is 2. The van der Waals surface area contributed by atoms with Gasteiger partial charge in [0, 0.05) is 29.9 Å². The highest BCUT2D eigenvalue weighted by Crippen LogP contribution is 2.38. The summed E-state index contributed by atoms with van der Waals surface area (Å²) in [6, 6.07) is 11.5. The number of rotatable bonds is 6. The van der Waals surface area contributed by atoms with Crippen molar-refractivity contribution >= 4 is 40.7 Å². The van der Waals surface area contributed by atoms with Gasteiger partial charge in [0.15, 0.2) is 11.0 Å². The van der Waals surface area contributed by atoms with E-state index in [2.05, 4.69) is 29.5 Å². The molecule has 1 amide bonds. The summed E-state index contributed by atoms with van der Waals surface area (Å²) in [5.41, 5.74) is 2.00. The smallest absolute Gasteiger partial charge is 0.293 e.